The largest absolute Gasteiger partial charge is 0.468 e. The minimum Gasteiger partial charge on any atom is -0.468 e. The second-order valence-corrected chi connectivity index (χ2v) is 8.20. The average molecular weight is 420 g/mol. The van der Waals surface area contributed by atoms with E-state index in [4.69, 9.17) is 4.42 Å². The molecule has 0 spiro atoms. The average Bonchev–Trinajstić information content (AvgIpc) is 3.46. The molecular weight excluding hydrogens is 382 g/mol. The maximum Gasteiger partial charge on any atom is 0.236 e. The molecule has 0 aliphatic carbocycles. The van der Waals surface area contributed by atoms with Gasteiger partial charge >= 0.3 is 0 Å². The van der Waals surface area contributed by atoms with Crippen LogP contribution in [0.15, 0.2) is 22.8 Å². The summed E-state index contributed by atoms with van der Waals surface area (Å²) < 4.78 is 5.60. The van der Waals surface area contributed by atoms with Gasteiger partial charge in [-0.3, -0.25) is 24.3 Å². The number of hydrogen-bond donors (Lipinski definition) is 1. The first-order valence-corrected chi connectivity index (χ1v) is 11.4. The van der Waals surface area contributed by atoms with Crippen molar-refractivity contribution in [3.8, 4) is 0 Å². The van der Waals surface area contributed by atoms with Crippen LogP contribution in [-0.2, 0) is 9.59 Å². The first-order chi connectivity index (χ1) is 14.6. The number of likely N-dealkylation sites (N-methyl/N-ethyl adjacent to an activating group) is 1. The summed E-state index contributed by atoms with van der Waals surface area (Å²) in [6.07, 6.45) is 3.94. The molecule has 1 unspecified atom stereocenters. The number of nitrogens with one attached hydrogen (secondary N) is 1. The van der Waals surface area contributed by atoms with E-state index in [9.17, 15) is 9.59 Å². The molecular formula is C22H37N5O3. The van der Waals surface area contributed by atoms with Crippen molar-refractivity contribution in [2.75, 3.05) is 72.0 Å². The highest BCUT2D eigenvalue weighted by Crippen LogP contribution is 2.20. The van der Waals surface area contributed by atoms with Crippen LogP contribution in [0.1, 0.15) is 38.5 Å². The molecule has 1 aromatic rings. The number of nitrogens with zero attached hydrogens (tertiary/aromatic N) is 4. The van der Waals surface area contributed by atoms with Crippen LogP contribution in [0.4, 0.5) is 0 Å². The number of piperazine rings is 1. The first-order valence-electron chi connectivity index (χ1n) is 11.4. The highest BCUT2D eigenvalue weighted by atomic mass is 16.3. The Morgan fingerprint density at radius 1 is 1.03 bits per heavy atom. The van der Waals surface area contributed by atoms with Gasteiger partial charge in [0, 0.05) is 45.8 Å². The summed E-state index contributed by atoms with van der Waals surface area (Å²) in [5, 5.41) is 3.09. The Kier molecular flexibility index (Phi) is 8.72. The number of rotatable bonds is 10. The molecule has 2 amide bonds. The van der Waals surface area contributed by atoms with Gasteiger partial charge in [-0.25, -0.2) is 0 Å². The molecule has 1 aromatic heterocycles. The summed E-state index contributed by atoms with van der Waals surface area (Å²) in [7, 11) is 0. The van der Waals surface area contributed by atoms with Crippen molar-refractivity contribution in [3.05, 3.63) is 24.2 Å². The molecule has 0 saturated carbocycles. The van der Waals surface area contributed by atoms with Gasteiger partial charge < -0.3 is 14.6 Å². The highest BCUT2D eigenvalue weighted by Gasteiger charge is 2.25. The molecule has 1 atom stereocenters. The molecule has 1 N–H and O–H groups in total. The second-order valence-electron chi connectivity index (χ2n) is 8.20. The van der Waals surface area contributed by atoms with E-state index in [1.807, 2.05) is 17.0 Å². The smallest absolute Gasteiger partial charge is 0.236 e. The third-order valence-electron chi connectivity index (χ3n) is 6.27. The lowest BCUT2D eigenvalue weighted by Crippen LogP contribution is -2.52. The van der Waals surface area contributed by atoms with Crippen LogP contribution in [0.2, 0.25) is 0 Å². The number of amides is 2. The van der Waals surface area contributed by atoms with Gasteiger partial charge in [0.2, 0.25) is 11.8 Å². The van der Waals surface area contributed by atoms with Crippen LogP contribution in [-0.4, -0.2) is 103 Å². The van der Waals surface area contributed by atoms with E-state index >= 15 is 0 Å². The summed E-state index contributed by atoms with van der Waals surface area (Å²) >= 11 is 0. The molecule has 30 heavy (non-hydrogen) atoms. The summed E-state index contributed by atoms with van der Waals surface area (Å²) in [4.78, 5) is 33.5. The first kappa shape index (κ1) is 22.8. The van der Waals surface area contributed by atoms with Crippen molar-refractivity contribution in [3.63, 3.8) is 0 Å². The molecule has 0 bridgehead atoms. The van der Waals surface area contributed by atoms with Crippen molar-refractivity contribution >= 4 is 11.8 Å². The summed E-state index contributed by atoms with van der Waals surface area (Å²) in [5.74, 6) is 1.18. The fraction of sp³-hybridized carbons (Fsp3) is 0.727. The zero-order chi connectivity index (χ0) is 21.3. The fourth-order valence-electron chi connectivity index (χ4n) is 4.39. The van der Waals surface area contributed by atoms with Gasteiger partial charge in [0.1, 0.15) is 5.76 Å². The topological polar surface area (TPSA) is 72.3 Å². The number of likely N-dealkylation sites (tertiary alicyclic amines) is 1. The Morgan fingerprint density at radius 3 is 2.23 bits per heavy atom. The van der Waals surface area contributed by atoms with Crippen LogP contribution in [0, 0.1) is 0 Å². The number of carbonyl (C=O) groups is 2. The Hall–Kier alpha value is -1.90. The molecule has 0 aromatic carbocycles. The lowest BCUT2D eigenvalue weighted by Gasteiger charge is -2.34. The maximum atomic E-state index is 12.5. The Balaban J connectivity index is 1.39. The van der Waals surface area contributed by atoms with Crippen LogP contribution in [0.25, 0.3) is 0 Å². The predicted octanol–water partition coefficient (Wildman–Crippen LogP) is 1.02. The Labute approximate surface area is 180 Å². The van der Waals surface area contributed by atoms with E-state index in [1.54, 1.807) is 6.26 Å². The summed E-state index contributed by atoms with van der Waals surface area (Å²) in [5.41, 5.74) is 0. The van der Waals surface area contributed by atoms with E-state index in [1.165, 1.54) is 0 Å². The molecule has 2 aliphatic rings. The molecule has 3 heterocycles. The highest BCUT2D eigenvalue weighted by molar-refractivity contribution is 5.79. The van der Waals surface area contributed by atoms with Gasteiger partial charge in [0.25, 0.3) is 0 Å². The van der Waals surface area contributed by atoms with E-state index in [2.05, 4.69) is 33.9 Å². The zero-order valence-electron chi connectivity index (χ0n) is 18.5. The third kappa shape index (κ3) is 6.30. The van der Waals surface area contributed by atoms with Crippen LogP contribution >= 0.6 is 0 Å². The SMILES string of the molecule is CCN(CC)C(CNC(=O)CN1CCN(CC(=O)N2CCCC2)CC1)c1ccco1. The molecule has 3 rings (SSSR count). The molecule has 2 saturated heterocycles. The van der Waals surface area contributed by atoms with Crippen LogP contribution in [0.5, 0.6) is 0 Å². The minimum absolute atomic E-state index is 0.0419. The van der Waals surface area contributed by atoms with Gasteiger partial charge in [-0.1, -0.05) is 13.8 Å². The van der Waals surface area contributed by atoms with Gasteiger partial charge in [-0.05, 0) is 38.1 Å². The van der Waals surface area contributed by atoms with Crippen molar-refractivity contribution < 1.29 is 14.0 Å². The summed E-state index contributed by atoms with van der Waals surface area (Å²) in [6, 6.07) is 3.91. The molecule has 168 valence electrons. The second kappa shape index (κ2) is 11.5. The van der Waals surface area contributed by atoms with Gasteiger partial charge in [-0.2, -0.15) is 0 Å². The van der Waals surface area contributed by atoms with Crippen molar-refractivity contribution in [2.45, 2.75) is 32.7 Å². The fourth-order valence-corrected chi connectivity index (χ4v) is 4.39. The lowest BCUT2D eigenvalue weighted by atomic mass is 10.2. The molecule has 8 heteroatoms. The van der Waals surface area contributed by atoms with Gasteiger partial charge in [0.15, 0.2) is 0 Å². The maximum absolute atomic E-state index is 12.5. The Bertz CT molecular complexity index is 648. The predicted molar refractivity (Wildman–Crippen MR) is 116 cm³/mol. The number of carbonyl (C=O) groups excluding carboxylic acids is 2. The van der Waals surface area contributed by atoms with Crippen molar-refractivity contribution in [1.29, 1.82) is 0 Å². The van der Waals surface area contributed by atoms with Crippen LogP contribution < -0.4 is 5.32 Å². The van der Waals surface area contributed by atoms with Crippen LogP contribution in [0.3, 0.4) is 0 Å². The third-order valence-corrected chi connectivity index (χ3v) is 6.27. The van der Waals surface area contributed by atoms with Gasteiger partial charge in [0.05, 0.1) is 25.4 Å². The van der Waals surface area contributed by atoms with Crippen molar-refractivity contribution in [2.24, 2.45) is 0 Å². The standard InChI is InChI=1S/C22H37N5O3/c1-3-26(4-2)19(20-8-7-15-30-20)16-23-21(28)17-24-11-13-25(14-12-24)18-22(29)27-9-5-6-10-27/h7-8,15,19H,3-6,9-14,16-18H2,1-2H3,(H,23,28). The molecule has 8 nitrogen and oxygen atoms in total. The monoisotopic (exact) mass is 419 g/mol. The lowest BCUT2D eigenvalue weighted by molar-refractivity contribution is -0.132. The van der Waals surface area contributed by atoms with Gasteiger partial charge in [-0.15, -0.1) is 0 Å². The number of hydrogen-bond acceptors (Lipinski definition) is 6. The van der Waals surface area contributed by atoms with E-state index < -0.39 is 0 Å². The molecule has 0 radical (unpaired) electrons. The quantitative estimate of drug-likeness (QED) is 0.611. The molecule has 2 aliphatic heterocycles. The van der Waals surface area contributed by atoms with Crippen molar-refractivity contribution in [1.82, 2.24) is 24.9 Å². The van der Waals surface area contributed by atoms with E-state index in [0.717, 1.165) is 71.0 Å². The van der Waals surface area contributed by atoms with E-state index in [0.29, 0.717) is 19.6 Å². The minimum atomic E-state index is 0.0419. The Morgan fingerprint density at radius 2 is 1.67 bits per heavy atom. The molecule has 2 fully saturated rings. The summed E-state index contributed by atoms with van der Waals surface area (Å²) in [6.45, 7) is 12.6. The number of furan rings is 1. The zero-order valence-corrected chi connectivity index (χ0v) is 18.5. The normalized spacial score (nSPS) is 19.4. The van der Waals surface area contributed by atoms with E-state index in [-0.39, 0.29) is 17.9 Å².